The Kier molecular flexibility index (Phi) is 5.82. The molecule has 3 aromatic rings. The van der Waals surface area contributed by atoms with Gasteiger partial charge in [-0.2, -0.15) is 0 Å². The number of carbonyl (C=O) groups is 1. The second kappa shape index (κ2) is 8.51. The first-order valence-corrected chi connectivity index (χ1v) is 10.7. The fraction of sp³-hybridized carbons (Fsp3) is 0.476. The van der Waals surface area contributed by atoms with Crippen LogP contribution in [0.4, 0.5) is 0 Å². The van der Waals surface area contributed by atoms with E-state index in [0.29, 0.717) is 52.7 Å². The molecule has 1 aliphatic rings. The van der Waals surface area contributed by atoms with Gasteiger partial charge in [0.25, 0.3) is 11.5 Å². The average Bonchev–Trinajstić information content (AvgIpc) is 3.26. The third-order valence-electron chi connectivity index (χ3n) is 5.39. The number of hydrogen-bond acceptors (Lipinski definition) is 6. The van der Waals surface area contributed by atoms with Gasteiger partial charge in [-0.15, -0.1) is 11.3 Å². The Morgan fingerprint density at radius 2 is 2.24 bits per heavy atom. The number of methoxy groups -OCH3 is 1. The molecule has 0 N–H and O–H groups in total. The zero-order chi connectivity index (χ0) is 20.4. The fourth-order valence-corrected chi connectivity index (χ4v) is 4.96. The van der Waals surface area contributed by atoms with Gasteiger partial charge < -0.3 is 14.1 Å². The van der Waals surface area contributed by atoms with Crippen LogP contribution in [0.15, 0.2) is 27.6 Å². The number of aryl methyl sites for hydroxylation is 2. The van der Waals surface area contributed by atoms with Gasteiger partial charge in [-0.05, 0) is 37.5 Å². The van der Waals surface area contributed by atoms with Gasteiger partial charge in [0.1, 0.15) is 16.4 Å². The first-order valence-electron chi connectivity index (χ1n) is 9.93. The molecule has 7 nitrogen and oxygen atoms in total. The Morgan fingerprint density at radius 1 is 1.38 bits per heavy atom. The molecule has 4 rings (SSSR count). The highest BCUT2D eigenvalue weighted by Gasteiger charge is 2.25. The summed E-state index contributed by atoms with van der Waals surface area (Å²) in [6.45, 7) is 3.76. The van der Waals surface area contributed by atoms with Gasteiger partial charge in [0.15, 0.2) is 0 Å². The van der Waals surface area contributed by atoms with E-state index < -0.39 is 0 Å². The SMILES string of the molecule is COCCN(Cc1ccco1)C(=O)c1sc2nc3n(c(=O)c2c1C)CCCCC3. The van der Waals surface area contributed by atoms with Crippen molar-refractivity contribution < 1.29 is 13.9 Å². The topological polar surface area (TPSA) is 77.6 Å². The molecule has 0 aliphatic carbocycles. The molecule has 0 fully saturated rings. The first kappa shape index (κ1) is 19.8. The van der Waals surface area contributed by atoms with Crippen LogP contribution in [0.1, 0.15) is 46.1 Å². The van der Waals surface area contributed by atoms with Gasteiger partial charge in [-0.1, -0.05) is 6.42 Å². The Morgan fingerprint density at radius 3 is 3.00 bits per heavy atom. The second-order valence-electron chi connectivity index (χ2n) is 7.33. The molecular weight excluding hydrogens is 390 g/mol. The summed E-state index contributed by atoms with van der Waals surface area (Å²) in [6.07, 6.45) is 5.55. The monoisotopic (exact) mass is 415 g/mol. The van der Waals surface area contributed by atoms with Gasteiger partial charge in [-0.25, -0.2) is 4.98 Å². The van der Waals surface area contributed by atoms with E-state index in [9.17, 15) is 9.59 Å². The van der Waals surface area contributed by atoms with Gasteiger partial charge in [0, 0.05) is 26.6 Å². The van der Waals surface area contributed by atoms with Gasteiger partial charge in [0.05, 0.1) is 29.7 Å². The zero-order valence-electron chi connectivity index (χ0n) is 16.8. The minimum absolute atomic E-state index is 0.0193. The lowest BCUT2D eigenvalue weighted by atomic mass is 10.2. The molecule has 4 heterocycles. The largest absolute Gasteiger partial charge is 0.467 e. The highest BCUT2D eigenvalue weighted by atomic mass is 32.1. The van der Waals surface area contributed by atoms with Crippen molar-refractivity contribution >= 4 is 27.5 Å². The van der Waals surface area contributed by atoms with E-state index >= 15 is 0 Å². The van der Waals surface area contributed by atoms with Gasteiger partial charge >= 0.3 is 0 Å². The number of amides is 1. The maximum atomic E-state index is 13.4. The van der Waals surface area contributed by atoms with Crippen molar-refractivity contribution in [3.05, 3.63) is 50.8 Å². The number of furan rings is 1. The Hall–Kier alpha value is -2.45. The summed E-state index contributed by atoms with van der Waals surface area (Å²) in [5.41, 5.74) is 0.697. The van der Waals surface area contributed by atoms with E-state index in [1.807, 2.05) is 13.0 Å². The molecule has 1 aliphatic heterocycles. The Bertz CT molecular complexity index is 1070. The number of rotatable bonds is 6. The molecule has 0 radical (unpaired) electrons. The number of ether oxygens (including phenoxy) is 1. The van der Waals surface area contributed by atoms with Gasteiger partial charge in [-0.3, -0.25) is 14.2 Å². The van der Waals surface area contributed by atoms with Crippen LogP contribution in [-0.2, 0) is 24.2 Å². The molecular formula is C21H25N3O4S. The standard InChI is InChI=1S/C21H25N3O4S/c1-14-17-19(22-16-8-4-3-5-9-24(16)20(17)25)29-18(14)21(26)23(10-12-27-2)13-15-7-6-11-28-15/h6-7,11H,3-5,8-10,12-13H2,1-2H3. The Labute approximate surface area is 172 Å². The summed E-state index contributed by atoms with van der Waals surface area (Å²) < 4.78 is 12.4. The van der Waals surface area contributed by atoms with Crippen molar-refractivity contribution in [3.8, 4) is 0 Å². The third-order valence-corrected chi connectivity index (χ3v) is 6.56. The highest BCUT2D eigenvalue weighted by molar-refractivity contribution is 7.20. The van der Waals surface area contributed by atoms with E-state index in [4.69, 9.17) is 14.1 Å². The van der Waals surface area contributed by atoms with E-state index in [1.54, 1.807) is 28.9 Å². The highest BCUT2D eigenvalue weighted by Crippen LogP contribution is 2.30. The molecule has 1 amide bonds. The van der Waals surface area contributed by atoms with Crippen LogP contribution < -0.4 is 5.56 Å². The summed E-state index contributed by atoms with van der Waals surface area (Å²) in [5.74, 6) is 1.42. The normalized spacial score (nSPS) is 14.0. The molecule has 154 valence electrons. The number of thiophene rings is 1. The summed E-state index contributed by atoms with van der Waals surface area (Å²) in [5, 5.41) is 0.577. The third kappa shape index (κ3) is 3.86. The van der Waals surface area contributed by atoms with Crippen molar-refractivity contribution in [1.29, 1.82) is 0 Å². The van der Waals surface area contributed by atoms with Crippen LogP contribution in [0.5, 0.6) is 0 Å². The fourth-order valence-electron chi connectivity index (χ4n) is 3.80. The molecule has 0 spiro atoms. The van der Waals surface area contributed by atoms with Crippen LogP contribution in [0.25, 0.3) is 10.2 Å². The van der Waals surface area contributed by atoms with E-state index in [2.05, 4.69) is 0 Å². The maximum absolute atomic E-state index is 13.4. The maximum Gasteiger partial charge on any atom is 0.264 e. The average molecular weight is 416 g/mol. The van der Waals surface area contributed by atoms with E-state index in [0.717, 1.165) is 31.5 Å². The number of carbonyl (C=O) groups excluding carboxylic acids is 1. The van der Waals surface area contributed by atoms with Gasteiger partial charge in [0.2, 0.25) is 0 Å². The van der Waals surface area contributed by atoms with Crippen LogP contribution in [0.2, 0.25) is 0 Å². The molecule has 0 saturated carbocycles. The summed E-state index contributed by atoms with van der Waals surface area (Å²) in [6, 6.07) is 3.65. The number of hydrogen-bond donors (Lipinski definition) is 0. The molecule has 0 atom stereocenters. The number of nitrogens with zero attached hydrogens (tertiary/aromatic N) is 3. The Balaban J connectivity index is 1.73. The molecule has 0 saturated heterocycles. The van der Waals surface area contributed by atoms with Crippen LogP contribution in [0.3, 0.4) is 0 Å². The van der Waals surface area contributed by atoms with Crippen molar-refractivity contribution in [1.82, 2.24) is 14.5 Å². The quantitative estimate of drug-likeness (QED) is 0.617. The van der Waals surface area contributed by atoms with E-state index in [1.165, 1.54) is 11.3 Å². The van der Waals surface area contributed by atoms with Crippen molar-refractivity contribution in [3.63, 3.8) is 0 Å². The zero-order valence-corrected chi connectivity index (χ0v) is 17.6. The number of fused-ring (bicyclic) bond motifs is 2. The van der Waals surface area contributed by atoms with Crippen molar-refractivity contribution in [2.24, 2.45) is 0 Å². The second-order valence-corrected chi connectivity index (χ2v) is 8.33. The summed E-state index contributed by atoms with van der Waals surface area (Å²) in [4.78, 5) is 34.2. The summed E-state index contributed by atoms with van der Waals surface area (Å²) >= 11 is 1.31. The minimum Gasteiger partial charge on any atom is -0.467 e. The summed E-state index contributed by atoms with van der Waals surface area (Å²) in [7, 11) is 1.61. The molecule has 0 bridgehead atoms. The molecule has 0 aromatic carbocycles. The van der Waals surface area contributed by atoms with E-state index in [-0.39, 0.29) is 11.5 Å². The van der Waals surface area contributed by atoms with Crippen LogP contribution >= 0.6 is 11.3 Å². The molecule has 0 unspecified atom stereocenters. The lowest BCUT2D eigenvalue weighted by Crippen LogP contribution is -2.33. The molecule has 29 heavy (non-hydrogen) atoms. The molecule has 8 heteroatoms. The predicted molar refractivity (Wildman–Crippen MR) is 111 cm³/mol. The first-order chi connectivity index (χ1) is 14.1. The molecule has 3 aromatic heterocycles. The number of aromatic nitrogens is 2. The minimum atomic E-state index is -0.126. The van der Waals surface area contributed by atoms with Crippen LogP contribution in [0, 0.1) is 6.92 Å². The van der Waals surface area contributed by atoms with Crippen LogP contribution in [-0.4, -0.2) is 40.6 Å². The predicted octanol–water partition coefficient (Wildman–Crippen LogP) is 3.37. The lowest BCUT2D eigenvalue weighted by Gasteiger charge is -2.21. The van der Waals surface area contributed by atoms with Crippen molar-refractivity contribution in [2.75, 3.05) is 20.3 Å². The lowest BCUT2D eigenvalue weighted by molar-refractivity contribution is 0.0671. The van der Waals surface area contributed by atoms with Crippen molar-refractivity contribution in [2.45, 2.75) is 45.7 Å². The smallest absolute Gasteiger partial charge is 0.264 e.